The van der Waals surface area contributed by atoms with Gasteiger partial charge in [0.1, 0.15) is 10.9 Å². The Morgan fingerprint density at radius 1 is 1.40 bits per heavy atom. The van der Waals surface area contributed by atoms with Crippen LogP contribution in [0.4, 0.5) is 11.4 Å². The van der Waals surface area contributed by atoms with Crippen LogP contribution in [0, 0.1) is 6.92 Å². The summed E-state index contributed by atoms with van der Waals surface area (Å²) in [6.45, 7) is 4.60. The molecular formula is C20H25N5O4S. The summed E-state index contributed by atoms with van der Waals surface area (Å²) in [5.41, 5.74) is 12.4. The summed E-state index contributed by atoms with van der Waals surface area (Å²) in [6.07, 6.45) is 1.85. The third-order valence-electron chi connectivity index (χ3n) is 4.95. The molecule has 0 bridgehead atoms. The molecule has 1 aromatic carbocycles. The van der Waals surface area contributed by atoms with E-state index in [9.17, 15) is 14.4 Å². The number of rotatable bonds is 7. The molecule has 1 fully saturated rings. The number of nitrogens with two attached hydrogens (primary N) is 2. The number of nitrogen functional groups attached to an aromatic ring is 1. The number of nitrogens with one attached hydrogen (secondary N) is 1. The highest BCUT2D eigenvalue weighted by atomic mass is 32.1. The van der Waals surface area contributed by atoms with Crippen molar-refractivity contribution < 1.29 is 19.1 Å². The first-order valence-corrected chi connectivity index (χ1v) is 10.4. The van der Waals surface area contributed by atoms with E-state index < -0.39 is 17.9 Å². The molecule has 2 atom stereocenters. The van der Waals surface area contributed by atoms with Crippen molar-refractivity contribution in [2.75, 3.05) is 23.8 Å². The number of nitrogens with zero attached hydrogens (tertiary/aromatic N) is 2. The number of hydrogen-bond acceptors (Lipinski definition) is 7. The quantitative estimate of drug-likeness (QED) is 0.606. The number of ether oxygens (including phenoxy) is 1. The van der Waals surface area contributed by atoms with Gasteiger partial charge in [0, 0.05) is 18.8 Å². The molecule has 0 spiro atoms. The van der Waals surface area contributed by atoms with Gasteiger partial charge in [0.15, 0.2) is 5.69 Å². The number of aryl methyl sites for hydroxylation is 1. The summed E-state index contributed by atoms with van der Waals surface area (Å²) in [5.74, 6) is -1.66. The minimum absolute atomic E-state index is 0.0143. The summed E-state index contributed by atoms with van der Waals surface area (Å²) in [4.78, 5) is 39.1. The molecule has 160 valence electrons. The van der Waals surface area contributed by atoms with E-state index in [-0.39, 0.29) is 28.3 Å². The van der Waals surface area contributed by atoms with E-state index in [1.54, 1.807) is 25.1 Å². The van der Waals surface area contributed by atoms with Crippen LogP contribution in [0.2, 0.25) is 0 Å². The molecule has 10 heteroatoms. The highest BCUT2D eigenvalue weighted by Gasteiger charge is 2.32. The number of carbonyl (C=O) groups is 3. The van der Waals surface area contributed by atoms with Crippen molar-refractivity contribution in [1.82, 2.24) is 9.69 Å². The Bertz CT molecular complexity index is 954. The molecule has 1 aliphatic rings. The van der Waals surface area contributed by atoms with Crippen molar-refractivity contribution in [3.8, 4) is 0 Å². The van der Waals surface area contributed by atoms with Crippen molar-refractivity contribution in [2.45, 2.75) is 38.8 Å². The van der Waals surface area contributed by atoms with Gasteiger partial charge >= 0.3 is 0 Å². The SMILES string of the molecule is Cc1cccc(N(C(=O)c2snc(C(N)=O)c2N)[C@H](C)C(=O)NC[C@H]2CCCO2)c1. The average molecular weight is 432 g/mol. The fourth-order valence-corrected chi connectivity index (χ4v) is 4.06. The fraction of sp³-hybridized carbons (Fsp3) is 0.400. The summed E-state index contributed by atoms with van der Waals surface area (Å²) in [6, 6.07) is 6.39. The van der Waals surface area contributed by atoms with E-state index >= 15 is 0 Å². The Morgan fingerprint density at radius 3 is 2.77 bits per heavy atom. The van der Waals surface area contributed by atoms with Crippen LogP contribution < -0.4 is 21.7 Å². The summed E-state index contributed by atoms with van der Waals surface area (Å²) in [5, 5.41) is 2.86. The molecule has 1 saturated heterocycles. The highest BCUT2D eigenvalue weighted by molar-refractivity contribution is 7.09. The number of carbonyl (C=O) groups excluding carboxylic acids is 3. The van der Waals surface area contributed by atoms with E-state index in [0.717, 1.165) is 29.9 Å². The van der Waals surface area contributed by atoms with Crippen molar-refractivity contribution in [3.05, 3.63) is 40.4 Å². The number of amides is 3. The lowest BCUT2D eigenvalue weighted by Gasteiger charge is -2.29. The first-order chi connectivity index (χ1) is 14.3. The first kappa shape index (κ1) is 21.7. The van der Waals surface area contributed by atoms with Gasteiger partial charge in [-0.1, -0.05) is 12.1 Å². The van der Waals surface area contributed by atoms with Gasteiger partial charge in [-0.3, -0.25) is 19.3 Å². The van der Waals surface area contributed by atoms with Crippen LogP contribution in [0.1, 0.15) is 45.5 Å². The monoisotopic (exact) mass is 431 g/mol. The van der Waals surface area contributed by atoms with Gasteiger partial charge in [-0.05, 0) is 55.9 Å². The minimum Gasteiger partial charge on any atom is -0.395 e. The number of aromatic nitrogens is 1. The van der Waals surface area contributed by atoms with Gasteiger partial charge in [0.25, 0.3) is 11.8 Å². The Balaban J connectivity index is 1.89. The van der Waals surface area contributed by atoms with Crippen LogP contribution in [-0.4, -0.2) is 47.4 Å². The van der Waals surface area contributed by atoms with E-state index in [4.69, 9.17) is 16.2 Å². The maximum atomic E-state index is 13.4. The van der Waals surface area contributed by atoms with Crippen molar-refractivity contribution in [2.24, 2.45) is 5.73 Å². The summed E-state index contributed by atoms with van der Waals surface area (Å²) in [7, 11) is 0. The number of primary amides is 1. The molecule has 5 N–H and O–H groups in total. The molecule has 2 heterocycles. The van der Waals surface area contributed by atoms with Crippen LogP contribution in [0.5, 0.6) is 0 Å². The molecule has 3 rings (SSSR count). The van der Waals surface area contributed by atoms with Crippen LogP contribution in [0.3, 0.4) is 0 Å². The lowest BCUT2D eigenvalue weighted by molar-refractivity contribution is -0.122. The molecule has 1 aliphatic heterocycles. The Labute approximate surface area is 178 Å². The summed E-state index contributed by atoms with van der Waals surface area (Å²) < 4.78 is 9.44. The fourth-order valence-electron chi connectivity index (χ4n) is 3.32. The minimum atomic E-state index is -0.834. The third-order valence-corrected chi connectivity index (χ3v) is 5.80. The van der Waals surface area contributed by atoms with Crippen LogP contribution >= 0.6 is 11.5 Å². The van der Waals surface area contributed by atoms with Gasteiger partial charge in [-0.2, -0.15) is 4.37 Å². The van der Waals surface area contributed by atoms with Gasteiger partial charge in [0.05, 0.1) is 11.8 Å². The molecule has 0 saturated carbocycles. The van der Waals surface area contributed by atoms with Crippen LogP contribution in [0.15, 0.2) is 24.3 Å². The first-order valence-electron chi connectivity index (χ1n) is 9.64. The van der Waals surface area contributed by atoms with Gasteiger partial charge in [-0.25, -0.2) is 0 Å². The maximum absolute atomic E-state index is 13.4. The summed E-state index contributed by atoms with van der Waals surface area (Å²) >= 11 is 0.784. The van der Waals surface area contributed by atoms with E-state index in [0.29, 0.717) is 18.8 Å². The Morgan fingerprint density at radius 2 is 2.17 bits per heavy atom. The standard InChI is InChI=1S/C20H25N5O4S/c1-11-5-3-6-13(9-11)25(12(2)19(27)23-10-14-7-4-8-29-14)20(28)17-15(21)16(18(22)26)24-30-17/h3,5-6,9,12,14H,4,7-8,10,21H2,1-2H3,(H2,22,26)(H,23,27)/t12-,14-/m1/s1. The number of hydrogen-bond donors (Lipinski definition) is 3. The van der Waals surface area contributed by atoms with E-state index in [1.807, 2.05) is 13.0 Å². The van der Waals surface area contributed by atoms with Crippen molar-refractivity contribution in [3.63, 3.8) is 0 Å². The molecule has 9 nitrogen and oxygen atoms in total. The maximum Gasteiger partial charge on any atom is 0.272 e. The van der Waals surface area contributed by atoms with Gasteiger partial charge < -0.3 is 21.5 Å². The van der Waals surface area contributed by atoms with E-state index in [2.05, 4.69) is 9.69 Å². The Kier molecular flexibility index (Phi) is 6.68. The molecular weight excluding hydrogens is 406 g/mol. The molecule has 1 aromatic heterocycles. The van der Waals surface area contributed by atoms with Gasteiger partial charge in [-0.15, -0.1) is 0 Å². The van der Waals surface area contributed by atoms with E-state index in [1.165, 1.54) is 4.90 Å². The molecule has 0 aliphatic carbocycles. The normalized spacial score (nSPS) is 16.8. The zero-order valence-corrected chi connectivity index (χ0v) is 17.7. The van der Waals surface area contributed by atoms with Gasteiger partial charge in [0.2, 0.25) is 5.91 Å². The largest absolute Gasteiger partial charge is 0.395 e. The topological polar surface area (TPSA) is 141 Å². The Hall–Kier alpha value is -2.98. The van der Waals surface area contributed by atoms with Crippen molar-refractivity contribution in [1.29, 1.82) is 0 Å². The lowest BCUT2D eigenvalue weighted by atomic mass is 10.1. The second-order valence-corrected chi connectivity index (χ2v) is 7.98. The molecule has 3 amide bonds. The molecule has 0 unspecified atom stereocenters. The smallest absolute Gasteiger partial charge is 0.272 e. The van der Waals surface area contributed by atoms with Crippen LogP contribution in [0.25, 0.3) is 0 Å². The van der Waals surface area contributed by atoms with Crippen LogP contribution in [-0.2, 0) is 9.53 Å². The second-order valence-electron chi connectivity index (χ2n) is 7.21. The zero-order chi connectivity index (χ0) is 21.8. The lowest BCUT2D eigenvalue weighted by Crippen LogP contribution is -2.49. The highest BCUT2D eigenvalue weighted by Crippen LogP contribution is 2.28. The van der Waals surface area contributed by atoms with Crippen molar-refractivity contribution >= 4 is 40.6 Å². The zero-order valence-electron chi connectivity index (χ0n) is 16.9. The molecule has 30 heavy (non-hydrogen) atoms. The number of benzene rings is 1. The third kappa shape index (κ3) is 4.60. The predicted octanol–water partition coefficient (Wildman–Crippen LogP) is 1.46. The second kappa shape index (κ2) is 9.23. The predicted molar refractivity (Wildman–Crippen MR) is 114 cm³/mol. The molecule has 0 radical (unpaired) electrons. The number of anilines is 2. The average Bonchev–Trinajstić information content (AvgIpc) is 3.35. The molecule has 2 aromatic rings.